The fourth-order valence-corrected chi connectivity index (χ4v) is 2.84. The third kappa shape index (κ3) is 1.79. The Bertz CT molecular complexity index is 186. The molecule has 0 aromatic heterocycles. The third-order valence-electron chi connectivity index (χ3n) is 3.47. The standard InChI is InChI=1S/C11H20N2/c1-2-3-6-13-10-4-5-11(13)8-9(12)7-10/h2-3,9-11H,4-8,12H2,1H3. The maximum atomic E-state index is 6.00. The Morgan fingerprint density at radius 2 is 1.92 bits per heavy atom. The van der Waals surface area contributed by atoms with Crippen molar-refractivity contribution in [2.75, 3.05) is 6.54 Å². The Labute approximate surface area is 80.8 Å². The summed E-state index contributed by atoms with van der Waals surface area (Å²) in [5, 5.41) is 0. The van der Waals surface area contributed by atoms with Crippen LogP contribution in [0, 0.1) is 0 Å². The van der Waals surface area contributed by atoms with E-state index in [1.165, 1.54) is 25.7 Å². The van der Waals surface area contributed by atoms with E-state index in [4.69, 9.17) is 5.73 Å². The summed E-state index contributed by atoms with van der Waals surface area (Å²) in [6, 6.07) is 2.04. The molecule has 0 aromatic carbocycles. The molecule has 13 heavy (non-hydrogen) atoms. The van der Waals surface area contributed by atoms with Gasteiger partial charge in [0.05, 0.1) is 0 Å². The summed E-state index contributed by atoms with van der Waals surface area (Å²) in [7, 11) is 0. The molecule has 0 amide bonds. The summed E-state index contributed by atoms with van der Waals surface area (Å²) in [4.78, 5) is 2.64. The van der Waals surface area contributed by atoms with Gasteiger partial charge in [0.25, 0.3) is 0 Å². The predicted octanol–water partition coefficient (Wildman–Crippen LogP) is 1.52. The Morgan fingerprint density at radius 1 is 1.31 bits per heavy atom. The fraction of sp³-hybridized carbons (Fsp3) is 0.818. The first kappa shape index (κ1) is 9.22. The lowest BCUT2D eigenvalue weighted by molar-refractivity contribution is 0.143. The second kappa shape index (κ2) is 3.81. The molecule has 2 heterocycles. The highest BCUT2D eigenvalue weighted by molar-refractivity contribution is 4.99. The lowest BCUT2D eigenvalue weighted by Gasteiger charge is -2.36. The van der Waals surface area contributed by atoms with Gasteiger partial charge in [-0.05, 0) is 32.6 Å². The minimum atomic E-state index is 0.472. The van der Waals surface area contributed by atoms with Gasteiger partial charge < -0.3 is 5.73 Å². The molecule has 2 bridgehead atoms. The van der Waals surface area contributed by atoms with Crippen molar-refractivity contribution in [2.24, 2.45) is 5.73 Å². The lowest BCUT2D eigenvalue weighted by atomic mass is 9.98. The van der Waals surface area contributed by atoms with Gasteiger partial charge in [0, 0.05) is 24.7 Å². The van der Waals surface area contributed by atoms with Gasteiger partial charge in [0.2, 0.25) is 0 Å². The van der Waals surface area contributed by atoms with Gasteiger partial charge in [-0.3, -0.25) is 4.90 Å². The van der Waals surface area contributed by atoms with Crippen molar-refractivity contribution in [3.05, 3.63) is 12.2 Å². The van der Waals surface area contributed by atoms with E-state index in [9.17, 15) is 0 Å². The minimum absolute atomic E-state index is 0.472. The van der Waals surface area contributed by atoms with Crippen LogP contribution in [0.2, 0.25) is 0 Å². The molecule has 0 saturated carbocycles. The van der Waals surface area contributed by atoms with Crippen molar-refractivity contribution in [2.45, 2.75) is 50.7 Å². The highest BCUT2D eigenvalue weighted by Gasteiger charge is 2.38. The summed E-state index contributed by atoms with van der Waals surface area (Å²) in [6.07, 6.45) is 9.59. The number of allylic oxidation sites excluding steroid dienone is 1. The number of nitrogens with zero attached hydrogens (tertiary/aromatic N) is 1. The van der Waals surface area contributed by atoms with Crippen molar-refractivity contribution >= 4 is 0 Å². The van der Waals surface area contributed by atoms with E-state index in [0.717, 1.165) is 18.6 Å². The van der Waals surface area contributed by atoms with E-state index in [-0.39, 0.29) is 0 Å². The van der Waals surface area contributed by atoms with E-state index in [0.29, 0.717) is 6.04 Å². The molecule has 2 rings (SSSR count). The Kier molecular flexibility index (Phi) is 2.70. The highest BCUT2D eigenvalue weighted by Crippen LogP contribution is 2.34. The van der Waals surface area contributed by atoms with E-state index >= 15 is 0 Å². The molecule has 2 N–H and O–H groups in total. The molecule has 2 heteroatoms. The average molecular weight is 180 g/mol. The summed E-state index contributed by atoms with van der Waals surface area (Å²) in [5.41, 5.74) is 6.00. The average Bonchev–Trinajstić information content (AvgIpc) is 2.33. The lowest BCUT2D eigenvalue weighted by Crippen LogP contribution is -2.47. The molecule has 0 aromatic rings. The SMILES string of the molecule is CC=CCN1C2CCC1CC(N)C2. The molecule has 0 radical (unpaired) electrons. The summed E-state index contributed by atoms with van der Waals surface area (Å²) in [6.45, 7) is 3.23. The highest BCUT2D eigenvalue weighted by atomic mass is 15.2. The quantitative estimate of drug-likeness (QED) is 0.653. The van der Waals surface area contributed by atoms with Gasteiger partial charge >= 0.3 is 0 Å². The van der Waals surface area contributed by atoms with E-state index in [2.05, 4.69) is 24.0 Å². The Hall–Kier alpha value is -0.340. The zero-order chi connectivity index (χ0) is 9.26. The molecule has 2 atom stereocenters. The molecule has 2 fully saturated rings. The second-order valence-corrected chi connectivity index (χ2v) is 4.38. The zero-order valence-electron chi connectivity index (χ0n) is 8.45. The van der Waals surface area contributed by atoms with E-state index in [1.807, 2.05) is 0 Å². The number of hydrogen-bond acceptors (Lipinski definition) is 2. The van der Waals surface area contributed by atoms with Crippen molar-refractivity contribution in [1.82, 2.24) is 4.90 Å². The van der Waals surface area contributed by atoms with Gasteiger partial charge in [-0.15, -0.1) is 0 Å². The first-order chi connectivity index (χ1) is 6.31. The van der Waals surface area contributed by atoms with Crippen molar-refractivity contribution in [3.63, 3.8) is 0 Å². The molecule has 2 aliphatic rings. The molecule has 2 aliphatic heterocycles. The van der Waals surface area contributed by atoms with Crippen LogP contribution >= 0.6 is 0 Å². The third-order valence-corrected chi connectivity index (χ3v) is 3.47. The largest absolute Gasteiger partial charge is 0.328 e. The van der Waals surface area contributed by atoms with Gasteiger partial charge in [0.15, 0.2) is 0 Å². The van der Waals surface area contributed by atoms with Gasteiger partial charge in [0.1, 0.15) is 0 Å². The second-order valence-electron chi connectivity index (χ2n) is 4.38. The van der Waals surface area contributed by atoms with Crippen LogP contribution in [0.5, 0.6) is 0 Å². The molecule has 2 unspecified atom stereocenters. The minimum Gasteiger partial charge on any atom is -0.328 e. The van der Waals surface area contributed by atoms with Crippen LogP contribution < -0.4 is 5.73 Å². The Morgan fingerprint density at radius 3 is 2.46 bits per heavy atom. The molecule has 74 valence electrons. The number of nitrogens with two attached hydrogens (primary N) is 1. The van der Waals surface area contributed by atoms with Crippen LogP contribution in [-0.4, -0.2) is 29.6 Å². The maximum absolute atomic E-state index is 6.00. The first-order valence-corrected chi connectivity index (χ1v) is 5.43. The number of rotatable bonds is 2. The number of fused-ring (bicyclic) bond motifs is 2. The Balaban J connectivity index is 1.98. The van der Waals surface area contributed by atoms with Crippen LogP contribution in [0.1, 0.15) is 32.6 Å². The van der Waals surface area contributed by atoms with Crippen LogP contribution in [0.3, 0.4) is 0 Å². The van der Waals surface area contributed by atoms with E-state index < -0.39 is 0 Å². The van der Waals surface area contributed by atoms with Crippen LogP contribution in [0.25, 0.3) is 0 Å². The predicted molar refractivity (Wildman–Crippen MR) is 55.5 cm³/mol. The molecular formula is C11H20N2. The molecule has 2 nitrogen and oxygen atoms in total. The number of piperidine rings is 1. The number of hydrogen-bond donors (Lipinski definition) is 1. The van der Waals surface area contributed by atoms with Crippen LogP contribution in [0.15, 0.2) is 12.2 Å². The van der Waals surface area contributed by atoms with E-state index in [1.54, 1.807) is 0 Å². The molecule has 2 saturated heterocycles. The molecule has 0 aliphatic carbocycles. The fourth-order valence-electron chi connectivity index (χ4n) is 2.84. The van der Waals surface area contributed by atoms with Gasteiger partial charge in [-0.1, -0.05) is 12.2 Å². The van der Waals surface area contributed by atoms with Crippen molar-refractivity contribution in [1.29, 1.82) is 0 Å². The summed E-state index contributed by atoms with van der Waals surface area (Å²) >= 11 is 0. The van der Waals surface area contributed by atoms with Crippen molar-refractivity contribution < 1.29 is 0 Å². The van der Waals surface area contributed by atoms with Gasteiger partial charge in [-0.2, -0.15) is 0 Å². The van der Waals surface area contributed by atoms with Crippen LogP contribution in [0.4, 0.5) is 0 Å². The van der Waals surface area contributed by atoms with Gasteiger partial charge in [-0.25, -0.2) is 0 Å². The summed E-state index contributed by atoms with van der Waals surface area (Å²) in [5.74, 6) is 0. The first-order valence-electron chi connectivity index (χ1n) is 5.43. The normalized spacial score (nSPS) is 40.3. The van der Waals surface area contributed by atoms with Crippen LogP contribution in [-0.2, 0) is 0 Å². The maximum Gasteiger partial charge on any atom is 0.0169 e. The smallest absolute Gasteiger partial charge is 0.0169 e. The summed E-state index contributed by atoms with van der Waals surface area (Å²) < 4.78 is 0. The molecule has 0 spiro atoms. The topological polar surface area (TPSA) is 29.3 Å². The molecular weight excluding hydrogens is 160 g/mol. The monoisotopic (exact) mass is 180 g/mol. The zero-order valence-corrected chi connectivity index (χ0v) is 8.45. The van der Waals surface area contributed by atoms with Crippen molar-refractivity contribution in [3.8, 4) is 0 Å².